The molecule has 0 bridgehead atoms. The number of rotatable bonds is 10. The van der Waals surface area contributed by atoms with Crippen LogP contribution in [-0.2, 0) is 25.9 Å². The van der Waals surface area contributed by atoms with Crippen LogP contribution in [0.2, 0.25) is 0 Å². The molecule has 0 aliphatic heterocycles. The third-order valence-electron chi connectivity index (χ3n) is 5.53. The van der Waals surface area contributed by atoms with Gasteiger partial charge in [0, 0.05) is 11.1 Å². The van der Waals surface area contributed by atoms with Crippen molar-refractivity contribution >= 4 is 0 Å². The summed E-state index contributed by atoms with van der Waals surface area (Å²) in [7, 11) is 0. The first-order valence-corrected chi connectivity index (χ1v) is 11.3. The predicted octanol–water partition coefficient (Wildman–Crippen LogP) is 7.50. The lowest BCUT2D eigenvalue weighted by molar-refractivity contribution is 0.304. The molecule has 30 heavy (non-hydrogen) atoms. The van der Waals surface area contributed by atoms with Gasteiger partial charge in [-0.3, -0.25) is 0 Å². The third kappa shape index (κ3) is 5.24. The van der Waals surface area contributed by atoms with Gasteiger partial charge in [-0.05, 0) is 53.6 Å². The molecule has 2 heteroatoms. The molecule has 0 fully saturated rings. The first kappa shape index (κ1) is 22.0. The SMILES string of the molecule is CCCc1cc(CCC)c(COc2ccccc2-c2ccccc2O)c(CCC)c1. The van der Waals surface area contributed by atoms with E-state index in [0.717, 1.165) is 49.0 Å². The van der Waals surface area contributed by atoms with E-state index in [2.05, 4.69) is 32.9 Å². The van der Waals surface area contributed by atoms with Crippen molar-refractivity contribution in [2.75, 3.05) is 0 Å². The van der Waals surface area contributed by atoms with E-state index in [1.807, 2.05) is 42.5 Å². The van der Waals surface area contributed by atoms with E-state index in [-0.39, 0.29) is 5.75 Å². The number of hydrogen-bond acceptors (Lipinski definition) is 2. The highest BCUT2D eigenvalue weighted by molar-refractivity contribution is 5.75. The lowest BCUT2D eigenvalue weighted by Gasteiger charge is -2.19. The lowest BCUT2D eigenvalue weighted by atomic mass is 9.91. The molecule has 3 aromatic carbocycles. The van der Waals surface area contributed by atoms with E-state index in [1.54, 1.807) is 6.07 Å². The van der Waals surface area contributed by atoms with Crippen molar-refractivity contribution < 1.29 is 9.84 Å². The van der Waals surface area contributed by atoms with Crippen LogP contribution in [0.15, 0.2) is 60.7 Å². The molecule has 0 amide bonds. The molecule has 0 aromatic heterocycles. The van der Waals surface area contributed by atoms with E-state index >= 15 is 0 Å². The Bertz CT molecular complexity index is 931. The van der Waals surface area contributed by atoms with E-state index in [9.17, 15) is 5.11 Å². The van der Waals surface area contributed by atoms with Crippen molar-refractivity contribution in [3.63, 3.8) is 0 Å². The zero-order chi connectivity index (χ0) is 21.3. The first-order chi connectivity index (χ1) is 14.7. The Morgan fingerprint density at radius 2 is 1.27 bits per heavy atom. The first-order valence-electron chi connectivity index (χ1n) is 11.3. The zero-order valence-corrected chi connectivity index (χ0v) is 18.6. The highest BCUT2D eigenvalue weighted by Gasteiger charge is 2.14. The summed E-state index contributed by atoms with van der Waals surface area (Å²) < 4.78 is 6.40. The Kier molecular flexibility index (Phi) is 7.96. The summed E-state index contributed by atoms with van der Waals surface area (Å²) in [5.41, 5.74) is 7.36. The maximum atomic E-state index is 10.3. The summed E-state index contributed by atoms with van der Waals surface area (Å²) >= 11 is 0. The van der Waals surface area contributed by atoms with E-state index < -0.39 is 0 Å². The van der Waals surface area contributed by atoms with E-state index in [4.69, 9.17) is 4.74 Å². The monoisotopic (exact) mass is 402 g/mol. The molecule has 0 aliphatic carbocycles. The van der Waals surface area contributed by atoms with Gasteiger partial charge < -0.3 is 9.84 Å². The second-order valence-corrected chi connectivity index (χ2v) is 7.94. The van der Waals surface area contributed by atoms with Crippen molar-refractivity contribution in [2.45, 2.75) is 65.9 Å². The van der Waals surface area contributed by atoms with Gasteiger partial charge >= 0.3 is 0 Å². The Morgan fingerprint density at radius 1 is 0.700 bits per heavy atom. The smallest absolute Gasteiger partial charge is 0.127 e. The molecule has 3 aromatic rings. The van der Waals surface area contributed by atoms with Crippen LogP contribution in [-0.4, -0.2) is 5.11 Å². The number of phenols is 1. The van der Waals surface area contributed by atoms with Gasteiger partial charge in [0.2, 0.25) is 0 Å². The van der Waals surface area contributed by atoms with Crippen LogP contribution in [0, 0.1) is 0 Å². The fourth-order valence-corrected chi connectivity index (χ4v) is 4.14. The van der Waals surface area contributed by atoms with Crippen LogP contribution in [0.3, 0.4) is 0 Å². The molecule has 0 saturated heterocycles. The summed E-state index contributed by atoms with van der Waals surface area (Å²) in [4.78, 5) is 0. The lowest BCUT2D eigenvalue weighted by Crippen LogP contribution is -2.07. The van der Waals surface area contributed by atoms with E-state index in [0.29, 0.717) is 6.61 Å². The van der Waals surface area contributed by atoms with Crippen molar-refractivity contribution in [1.29, 1.82) is 0 Å². The summed E-state index contributed by atoms with van der Waals surface area (Å²) in [5, 5.41) is 10.3. The minimum Gasteiger partial charge on any atom is -0.507 e. The van der Waals surface area contributed by atoms with Crippen LogP contribution in [0.4, 0.5) is 0 Å². The summed E-state index contributed by atoms with van der Waals surface area (Å²) in [5.74, 6) is 1.08. The molecular formula is C28H34O2. The van der Waals surface area contributed by atoms with Crippen LogP contribution in [0.25, 0.3) is 11.1 Å². The largest absolute Gasteiger partial charge is 0.507 e. The quantitative estimate of drug-likeness (QED) is 0.380. The number of benzene rings is 3. The van der Waals surface area contributed by atoms with Gasteiger partial charge in [-0.1, -0.05) is 88.6 Å². The number of aromatic hydroxyl groups is 1. The normalized spacial score (nSPS) is 10.9. The molecule has 0 saturated carbocycles. The molecule has 0 aliphatic rings. The number of aryl methyl sites for hydroxylation is 3. The maximum Gasteiger partial charge on any atom is 0.127 e. The summed E-state index contributed by atoms with van der Waals surface area (Å²) in [6.07, 6.45) is 6.71. The molecule has 3 rings (SSSR count). The summed E-state index contributed by atoms with van der Waals surface area (Å²) in [6.45, 7) is 7.28. The average Bonchev–Trinajstić information content (AvgIpc) is 2.75. The summed E-state index contributed by atoms with van der Waals surface area (Å²) in [6, 6.07) is 20.2. The molecule has 1 N–H and O–H groups in total. The highest BCUT2D eigenvalue weighted by atomic mass is 16.5. The number of hydrogen-bond donors (Lipinski definition) is 1. The molecular weight excluding hydrogens is 368 g/mol. The van der Waals surface area contributed by atoms with Gasteiger partial charge in [0.25, 0.3) is 0 Å². The Labute approximate surface area is 181 Å². The Hall–Kier alpha value is -2.74. The Balaban J connectivity index is 1.95. The number of para-hydroxylation sites is 2. The van der Waals surface area contributed by atoms with Crippen molar-refractivity contribution in [3.05, 3.63) is 82.9 Å². The molecule has 0 heterocycles. The predicted molar refractivity (Wildman–Crippen MR) is 126 cm³/mol. The second-order valence-electron chi connectivity index (χ2n) is 7.94. The van der Waals surface area contributed by atoms with Crippen molar-refractivity contribution in [3.8, 4) is 22.6 Å². The second kappa shape index (κ2) is 10.9. The van der Waals surface area contributed by atoms with Crippen molar-refractivity contribution in [1.82, 2.24) is 0 Å². The average molecular weight is 403 g/mol. The number of ether oxygens (including phenoxy) is 1. The van der Waals surface area contributed by atoms with Gasteiger partial charge in [-0.25, -0.2) is 0 Å². The molecule has 0 unspecified atom stereocenters. The standard InChI is InChI=1S/C28H34O2/c1-4-11-21-18-22(12-5-2)26(23(19-21)13-6-3)20-30-28-17-10-8-15-25(28)24-14-7-9-16-27(24)29/h7-10,14-19,29H,4-6,11-13,20H2,1-3H3. The van der Waals surface area contributed by atoms with Crippen LogP contribution in [0.1, 0.15) is 62.3 Å². The number of phenolic OH excluding ortho intramolecular Hbond substituents is 1. The molecule has 0 radical (unpaired) electrons. The fraction of sp³-hybridized carbons (Fsp3) is 0.357. The van der Waals surface area contributed by atoms with Gasteiger partial charge in [0.15, 0.2) is 0 Å². The minimum atomic E-state index is 0.274. The van der Waals surface area contributed by atoms with Gasteiger partial charge in [-0.15, -0.1) is 0 Å². The van der Waals surface area contributed by atoms with Crippen molar-refractivity contribution in [2.24, 2.45) is 0 Å². The van der Waals surface area contributed by atoms with Crippen LogP contribution in [0.5, 0.6) is 11.5 Å². The minimum absolute atomic E-state index is 0.274. The van der Waals surface area contributed by atoms with E-state index in [1.165, 1.54) is 28.7 Å². The third-order valence-corrected chi connectivity index (χ3v) is 5.53. The Morgan fingerprint density at radius 3 is 1.87 bits per heavy atom. The van der Waals surface area contributed by atoms with Gasteiger partial charge in [0.05, 0.1) is 0 Å². The highest BCUT2D eigenvalue weighted by Crippen LogP contribution is 2.36. The fourth-order valence-electron chi connectivity index (χ4n) is 4.14. The molecule has 2 nitrogen and oxygen atoms in total. The zero-order valence-electron chi connectivity index (χ0n) is 18.6. The van der Waals surface area contributed by atoms with Crippen LogP contribution < -0.4 is 4.74 Å². The topological polar surface area (TPSA) is 29.5 Å². The van der Waals surface area contributed by atoms with Crippen LogP contribution >= 0.6 is 0 Å². The maximum absolute atomic E-state index is 10.3. The van der Waals surface area contributed by atoms with Gasteiger partial charge in [-0.2, -0.15) is 0 Å². The molecule has 0 spiro atoms. The van der Waals surface area contributed by atoms with Gasteiger partial charge in [0.1, 0.15) is 18.1 Å². The molecule has 158 valence electrons. The molecule has 0 atom stereocenters.